The number of carbonyl (C=O) groups excluding carboxylic acids is 2. The van der Waals surface area contributed by atoms with Crippen LogP contribution in [0, 0.1) is 10.1 Å². The van der Waals surface area contributed by atoms with Crippen LogP contribution in [0.2, 0.25) is 0 Å². The molecular formula is C17H12N2O5S. The van der Waals surface area contributed by atoms with Gasteiger partial charge in [0.2, 0.25) is 0 Å². The molecule has 0 bridgehead atoms. The van der Waals surface area contributed by atoms with Crippen LogP contribution in [0.3, 0.4) is 0 Å². The van der Waals surface area contributed by atoms with Crippen molar-refractivity contribution in [2.45, 2.75) is 0 Å². The molecule has 8 heteroatoms. The van der Waals surface area contributed by atoms with E-state index in [1.165, 1.54) is 24.3 Å². The number of furan rings is 1. The molecule has 1 saturated heterocycles. The van der Waals surface area contributed by atoms with Gasteiger partial charge in [0.05, 0.1) is 9.83 Å². The number of rotatable bonds is 5. The van der Waals surface area contributed by atoms with Crippen molar-refractivity contribution in [3.8, 4) is 11.3 Å². The first-order chi connectivity index (χ1) is 12.0. The minimum atomic E-state index is -0.483. The van der Waals surface area contributed by atoms with Crippen molar-refractivity contribution >= 4 is 34.7 Å². The summed E-state index contributed by atoms with van der Waals surface area (Å²) in [4.78, 5) is 35.7. The molecule has 2 heterocycles. The van der Waals surface area contributed by atoms with Gasteiger partial charge in [0.15, 0.2) is 0 Å². The third-order valence-corrected chi connectivity index (χ3v) is 4.33. The van der Waals surface area contributed by atoms with Crippen LogP contribution in [-0.4, -0.2) is 27.5 Å². The fourth-order valence-electron chi connectivity index (χ4n) is 2.27. The number of hydrogen-bond donors (Lipinski definition) is 0. The quantitative estimate of drug-likeness (QED) is 0.347. The van der Waals surface area contributed by atoms with Gasteiger partial charge in [-0.25, -0.2) is 0 Å². The molecule has 1 aromatic heterocycles. The molecule has 0 radical (unpaired) electrons. The van der Waals surface area contributed by atoms with Gasteiger partial charge in [0.1, 0.15) is 11.5 Å². The maximum atomic E-state index is 12.2. The first-order valence-electron chi connectivity index (χ1n) is 7.20. The Morgan fingerprint density at radius 1 is 1.28 bits per heavy atom. The third-order valence-electron chi connectivity index (χ3n) is 3.43. The SMILES string of the molecule is C=CCN1C(=O)S/C(=C/c2ccc(-c3cccc([N+](=O)[O-])c3)o2)C1=O. The molecule has 1 aromatic carbocycles. The Labute approximate surface area is 146 Å². The predicted molar refractivity (Wildman–Crippen MR) is 93.7 cm³/mol. The molecule has 0 spiro atoms. The van der Waals surface area contributed by atoms with Crippen LogP contribution in [0.5, 0.6) is 0 Å². The lowest BCUT2D eigenvalue weighted by molar-refractivity contribution is -0.384. The summed E-state index contributed by atoms with van der Waals surface area (Å²) in [7, 11) is 0. The number of hydrogen-bond acceptors (Lipinski definition) is 6. The van der Waals surface area contributed by atoms with Crippen molar-refractivity contribution in [3.63, 3.8) is 0 Å². The van der Waals surface area contributed by atoms with E-state index in [2.05, 4.69) is 6.58 Å². The summed E-state index contributed by atoms with van der Waals surface area (Å²) < 4.78 is 5.63. The van der Waals surface area contributed by atoms with E-state index in [0.29, 0.717) is 17.1 Å². The molecule has 2 amide bonds. The van der Waals surface area contributed by atoms with Crippen molar-refractivity contribution in [2.75, 3.05) is 6.54 Å². The minimum absolute atomic E-state index is 0.0407. The van der Waals surface area contributed by atoms with Crippen LogP contribution >= 0.6 is 11.8 Å². The van der Waals surface area contributed by atoms with Crippen LogP contribution in [0.4, 0.5) is 10.5 Å². The highest BCUT2D eigenvalue weighted by molar-refractivity contribution is 8.18. The molecule has 3 rings (SSSR count). The van der Waals surface area contributed by atoms with E-state index in [0.717, 1.165) is 16.7 Å². The molecule has 0 N–H and O–H groups in total. The average molecular weight is 356 g/mol. The van der Waals surface area contributed by atoms with E-state index in [4.69, 9.17) is 4.42 Å². The zero-order valence-corrected chi connectivity index (χ0v) is 13.7. The molecule has 25 heavy (non-hydrogen) atoms. The molecular weight excluding hydrogens is 344 g/mol. The lowest BCUT2D eigenvalue weighted by atomic mass is 10.1. The maximum Gasteiger partial charge on any atom is 0.293 e. The van der Waals surface area contributed by atoms with Crippen molar-refractivity contribution in [3.05, 3.63) is 69.8 Å². The lowest BCUT2D eigenvalue weighted by Crippen LogP contribution is -2.27. The topological polar surface area (TPSA) is 93.7 Å². The van der Waals surface area contributed by atoms with Gasteiger partial charge in [0.25, 0.3) is 16.8 Å². The summed E-state index contributed by atoms with van der Waals surface area (Å²) in [5.41, 5.74) is 0.509. The Bertz CT molecular complexity index is 915. The van der Waals surface area contributed by atoms with E-state index < -0.39 is 10.8 Å². The van der Waals surface area contributed by atoms with Crippen molar-refractivity contribution in [1.29, 1.82) is 0 Å². The highest BCUT2D eigenvalue weighted by Gasteiger charge is 2.34. The van der Waals surface area contributed by atoms with Gasteiger partial charge in [-0.05, 0) is 23.9 Å². The summed E-state index contributed by atoms with van der Waals surface area (Å²) in [6, 6.07) is 9.34. The average Bonchev–Trinajstić information content (AvgIpc) is 3.16. The molecule has 1 aliphatic rings. The van der Waals surface area contributed by atoms with Gasteiger partial charge in [-0.3, -0.25) is 24.6 Å². The molecule has 1 aliphatic heterocycles. The van der Waals surface area contributed by atoms with Gasteiger partial charge >= 0.3 is 0 Å². The number of nitro groups is 1. The lowest BCUT2D eigenvalue weighted by Gasteiger charge is -2.07. The van der Waals surface area contributed by atoms with E-state index >= 15 is 0 Å². The Balaban J connectivity index is 1.86. The zero-order chi connectivity index (χ0) is 18.0. The van der Waals surface area contributed by atoms with Crippen LogP contribution in [0.25, 0.3) is 17.4 Å². The normalized spacial score (nSPS) is 15.8. The maximum absolute atomic E-state index is 12.2. The van der Waals surface area contributed by atoms with Gasteiger partial charge in [-0.1, -0.05) is 18.2 Å². The Kier molecular flexibility index (Phi) is 4.53. The second kappa shape index (κ2) is 6.78. The number of carbonyl (C=O) groups is 2. The van der Waals surface area contributed by atoms with Crippen LogP contribution in [0.1, 0.15) is 5.76 Å². The van der Waals surface area contributed by atoms with Gasteiger partial charge in [0, 0.05) is 30.3 Å². The summed E-state index contributed by atoms with van der Waals surface area (Å²) in [5.74, 6) is 0.411. The smallest absolute Gasteiger partial charge is 0.293 e. The Hall–Kier alpha value is -3.13. The molecule has 0 unspecified atom stereocenters. The standard InChI is InChI=1S/C17H12N2O5S/c1-2-8-18-16(20)15(25-17(18)21)10-13-6-7-14(24-13)11-4-3-5-12(9-11)19(22)23/h2-7,9-10H,1,8H2/b15-10+. The monoisotopic (exact) mass is 356 g/mol. The second-order valence-corrected chi connectivity index (χ2v) is 6.08. The summed E-state index contributed by atoms with van der Waals surface area (Å²) in [6.45, 7) is 3.67. The van der Waals surface area contributed by atoms with E-state index in [1.807, 2.05) is 0 Å². The third kappa shape index (κ3) is 3.38. The molecule has 2 aromatic rings. The molecule has 1 fully saturated rings. The zero-order valence-electron chi connectivity index (χ0n) is 12.9. The van der Waals surface area contributed by atoms with Crippen LogP contribution in [0.15, 0.2) is 58.4 Å². The van der Waals surface area contributed by atoms with Crippen LogP contribution < -0.4 is 0 Å². The molecule has 0 aliphatic carbocycles. The molecule has 0 saturated carbocycles. The summed E-state index contributed by atoms with van der Waals surface area (Å²) in [5, 5.41) is 10.5. The highest BCUT2D eigenvalue weighted by Crippen LogP contribution is 2.33. The largest absolute Gasteiger partial charge is 0.457 e. The van der Waals surface area contributed by atoms with Crippen molar-refractivity contribution in [2.24, 2.45) is 0 Å². The number of amides is 2. The Morgan fingerprint density at radius 2 is 2.08 bits per heavy atom. The number of nitrogens with zero attached hydrogens (tertiary/aromatic N) is 2. The highest BCUT2D eigenvalue weighted by atomic mass is 32.2. The fourth-order valence-corrected chi connectivity index (χ4v) is 3.10. The summed E-state index contributed by atoms with van der Waals surface area (Å²) in [6.07, 6.45) is 2.96. The molecule has 0 atom stereocenters. The number of nitro benzene ring substituents is 1. The van der Waals surface area contributed by atoms with Gasteiger partial charge in [-0.2, -0.15) is 0 Å². The first-order valence-corrected chi connectivity index (χ1v) is 8.02. The van der Waals surface area contributed by atoms with E-state index in [9.17, 15) is 19.7 Å². The van der Waals surface area contributed by atoms with Gasteiger partial charge < -0.3 is 4.42 Å². The number of thioether (sulfide) groups is 1. The minimum Gasteiger partial charge on any atom is -0.457 e. The number of imide groups is 1. The first kappa shape index (κ1) is 16.7. The van der Waals surface area contributed by atoms with E-state index in [-0.39, 0.29) is 22.4 Å². The second-order valence-electron chi connectivity index (χ2n) is 5.09. The van der Waals surface area contributed by atoms with Crippen molar-refractivity contribution < 1.29 is 18.9 Å². The van der Waals surface area contributed by atoms with Crippen LogP contribution in [-0.2, 0) is 4.79 Å². The summed E-state index contributed by atoms with van der Waals surface area (Å²) >= 11 is 0.829. The predicted octanol–water partition coefficient (Wildman–Crippen LogP) is 4.08. The van der Waals surface area contributed by atoms with Crippen molar-refractivity contribution in [1.82, 2.24) is 4.90 Å². The fraction of sp³-hybridized carbons (Fsp3) is 0.0588. The number of benzene rings is 1. The van der Waals surface area contributed by atoms with E-state index in [1.54, 1.807) is 24.3 Å². The van der Waals surface area contributed by atoms with Gasteiger partial charge in [-0.15, -0.1) is 6.58 Å². The Morgan fingerprint density at radius 3 is 2.80 bits per heavy atom. The number of non-ortho nitro benzene ring substituents is 1. The molecule has 126 valence electrons. The molecule has 7 nitrogen and oxygen atoms in total.